The van der Waals surface area contributed by atoms with Crippen LogP contribution in [-0.4, -0.2) is 16.2 Å². The van der Waals surface area contributed by atoms with Crippen molar-refractivity contribution in [1.29, 1.82) is 0 Å². The molecule has 3 nitrogen and oxygen atoms in total. The summed E-state index contributed by atoms with van der Waals surface area (Å²) in [4.78, 5) is 13.9. The van der Waals surface area contributed by atoms with Crippen molar-refractivity contribution in [3.05, 3.63) is 77.6 Å². The van der Waals surface area contributed by atoms with Crippen LogP contribution in [-0.2, 0) is 0 Å². The van der Waals surface area contributed by atoms with Gasteiger partial charge in [0.05, 0.1) is 28.6 Å². The van der Waals surface area contributed by atoms with Gasteiger partial charge in [-0.1, -0.05) is 42.5 Å². The van der Waals surface area contributed by atoms with Crippen LogP contribution in [0.3, 0.4) is 0 Å². The molecule has 0 aliphatic heterocycles. The van der Waals surface area contributed by atoms with E-state index in [1.807, 2.05) is 18.3 Å². The number of fused-ring (bicyclic) bond motifs is 3. The number of hydrogen-bond donors (Lipinski definition) is 0. The normalized spacial score (nSPS) is 11.6. The average molecular weight is 311 g/mol. The molecule has 0 aliphatic carbocycles. The maximum Gasteiger partial charge on any atom is 0.0972 e. The molecule has 2 aromatic carbocycles. The van der Waals surface area contributed by atoms with Gasteiger partial charge in [0.15, 0.2) is 0 Å². The van der Waals surface area contributed by atoms with Gasteiger partial charge in [-0.2, -0.15) is 0 Å². The molecule has 0 N–H and O–H groups in total. The first-order valence-corrected chi connectivity index (χ1v) is 7.97. The summed E-state index contributed by atoms with van der Waals surface area (Å²) in [6.45, 7) is 4.15. The fraction of sp³-hybridized carbons (Fsp3) is 0.0952. The van der Waals surface area contributed by atoms with E-state index >= 15 is 0 Å². The predicted octanol–water partition coefficient (Wildman–Crippen LogP) is 5.15. The van der Waals surface area contributed by atoms with Crippen molar-refractivity contribution < 1.29 is 0 Å². The molecule has 24 heavy (non-hydrogen) atoms. The van der Waals surface area contributed by atoms with Crippen molar-refractivity contribution in [2.75, 3.05) is 0 Å². The molecule has 0 unspecified atom stereocenters. The van der Waals surface area contributed by atoms with Crippen LogP contribution in [0.15, 0.2) is 65.8 Å². The molecule has 0 aliphatic rings. The van der Waals surface area contributed by atoms with E-state index in [2.05, 4.69) is 66.3 Å². The van der Waals surface area contributed by atoms with Gasteiger partial charge < -0.3 is 0 Å². The molecule has 4 rings (SSSR count). The smallest absolute Gasteiger partial charge is 0.0972 e. The Morgan fingerprint density at radius 3 is 2.29 bits per heavy atom. The summed E-state index contributed by atoms with van der Waals surface area (Å²) < 4.78 is 0. The van der Waals surface area contributed by atoms with E-state index in [9.17, 15) is 0 Å². The highest BCUT2D eigenvalue weighted by atomic mass is 14.8. The molecule has 0 fully saturated rings. The minimum atomic E-state index is 0.836. The van der Waals surface area contributed by atoms with Gasteiger partial charge >= 0.3 is 0 Å². The van der Waals surface area contributed by atoms with Crippen LogP contribution in [0.2, 0.25) is 0 Å². The van der Waals surface area contributed by atoms with Gasteiger partial charge in [-0.15, -0.1) is 0 Å². The maximum absolute atomic E-state index is 4.77. The fourth-order valence-corrected chi connectivity index (χ4v) is 2.95. The van der Waals surface area contributed by atoms with Gasteiger partial charge in [0.2, 0.25) is 0 Å². The Labute approximate surface area is 140 Å². The topological polar surface area (TPSA) is 38.1 Å². The summed E-state index contributed by atoms with van der Waals surface area (Å²) in [5.74, 6) is 0. The zero-order valence-corrected chi connectivity index (χ0v) is 13.7. The number of aromatic nitrogens is 2. The highest BCUT2D eigenvalue weighted by Gasteiger charge is 2.04. The second-order valence-corrected chi connectivity index (χ2v) is 5.95. The van der Waals surface area contributed by atoms with Crippen LogP contribution < -0.4 is 0 Å². The second-order valence-electron chi connectivity index (χ2n) is 5.95. The van der Waals surface area contributed by atoms with Crippen molar-refractivity contribution in [3.8, 4) is 0 Å². The first-order chi connectivity index (χ1) is 11.7. The molecule has 116 valence electrons. The summed E-state index contributed by atoms with van der Waals surface area (Å²) in [7, 11) is 0. The molecular weight excluding hydrogens is 294 g/mol. The lowest BCUT2D eigenvalue weighted by Gasteiger charge is -2.05. The average Bonchev–Trinajstić information content (AvgIpc) is 2.61. The van der Waals surface area contributed by atoms with Crippen molar-refractivity contribution in [2.24, 2.45) is 4.99 Å². The lowest BCUT2D eigenvalue weighted by molar-refractivity contribution is 1.32. The van der Waals surface area contributed by atoms with E-state index in [1.165, 1.54) is 11.1 Å². The molecule has 4 aromatic rings. The molecule has 2 aromatic heterocycles. The van der Waals surface area contributed by atoms with Crippen molar-refractivity contribution in [2.45, 2.75) is 13.8 Å². The Morgan fingerprint density at radius 1 is 0.792 bits per heavy atom. The number of para-hydroxylation sites is 1. The molecule has 3 heteroatoms. The van der Waals surface area contributed by atoms with E-state index in [0.29, 0.717) is 0 Å². The third-order valence-electron chi connectivity index (χ3n) is 4.22. The highest BCUT2D eigenvalue weighted by Crippen LogP contribution is 2.24. The lowest BCUT2D eigenvalue weighted by atomic mass is 10.1. The van der Waals surface area contributed by atoms with Crippen molar-refractivity contribution in [3.63, 3.8) is 0 Å². The monoisotopic (exact) mass is 311 g/mol. The molecule has 0 bridgehead atoms. The number of aryl methyl sites for hydroxylation is 2. The number of benzene rings is 2. The van der Waals surface area contributed by atoms with Crippen LogP contribution in [0.25, 0.3) is 21.8 Å². The number of hydrogen-bond acceptors (Lipinski definition) is 3. The number of pyridine rings is 2. The fourth-order valence-electron chi connectivity index (χ4n) is 2.95. The number of rotatable bonds is 2. The summed E-state index contributed by atoms with van der Waals surface area (Å²) in [5, 5.41) is 2.19. The first-order valence-electron chi connectivity index (χ1n) is 7.97. The Balaban J connectivity index is 1.83. The Hall–Kier alpha value is -3.07. The first kappa shape index (κ1) is 14.5. The third kappa shape index (κ3) is 2.54. The Kier molecular flexibility index (Phi) is 3.54. The van der Waals surface area contributed by atoms with E-state index in [4.69, 9.17) is 4.98 Å². The molecule has 0 saturated heterocycles. The molecule has 0 spiro atoms. The zero-order chi connectivity index (χ0) is 16.5. The zero-order valence-electron chi connectivity index (χ0n) is 13.7. The standard InChI is InChI=1S/C21H17N3/c1-14-5-3-6-15(2)19(14)23-13-18-11-10-17-9-8-16-7-4-12-22-20(16)21(17)24-18/h3-13H,1-2H3/b23-13+. The molecular formula is C21H17N3. The lowest BCUT2D eigenvalue weighted by Crippen LogP contribution is -1.91. The van der Waals surface area contributed by atoms with Gasteiger partial charge in [0.1, 0.15) is 0 Å². The van der Waals surface area contributed by atoms with Crippen LogP contribution in [0.5, 0.6) is 0 Å². The molecule has 0 amide bonds. The number of aliphatic imine (C=N–C) groups is 1. The highest BCUT2D eigenvalue weighted by molar-refractivity contribution is 6.03. The number of nitrogens with zero attached hydrogens (tertiary/aromatic N) is 3. The van der Waals surface area contributed by atoms with Gasteiger partial charge in [-0.05, 0) is 37.1 Å². The van der Waals surface area contributed by atoms with Crippen molar-refractivity contribution in [1.82, 2.24) is 9.97 Å². The summed E-state index contributed by atoms with van der Waals surface area (Å²) >= 11 is 0. The minimum absolute atomic E-state index is 0.836. The Bertz CT molecular complexity index is 1060. The molecule has 0 saturated carbocycles. The third-order valence-corrected chi connectivity index (χ3v) is 4.22. The van der Waals surface area contributed by atoms with Crippen LogP contribution in [0, 0.1) is 13.8 Å². The van der Waals surface area contributed by atoms with E-state index in [0.717, 1.165) is 33.2 Å². The van der Waals surface area contributed by atoms with Gasteiger partial charge in [0, 0.05) is 17.0 Å². The van der Waals surface area contributed by atoms with Gasteiger partial charge in [0.25, 0.3) is 0 Å². The summed E-state index contributed by atoms with van der Waals surface area (Å²) in [5.41, 5.74) is 6.02. The van der Waals surface area contributed by atoms with E-state index in [-0.39, 0.29) is 0 Å². The minimum Gasteiger partial charge on any atom is -0.254 e. The predicted molar refractivity (Wildman–Crippen MR) is 100 cm³/mol. The summed E-state index contributed by atoms with van der Waals surface area (Å²) in [6.07, 6.45) is 3.64. The largest absolute Gasteiger partial charge is 0.254 e. The summed E-state index contributed by atoms with van der Waals surface area (Å²) in [6, 6.07) is 18.4. The van der Waals surface area contributed by atoms with Crippen LogP contribution >= 0.6 is 0 Å². The van der Waals surface area contributed by atoms with Crippen molar-refractivity contribution >= 4 is 33.7 Å². The quantitative estimate of drug-likeness (QED) is 0.379. The SMILES string of the molecule is Cc1cccc(C)c1/N=C/c1ccc2ccc3cccnc3c2n1. The van der Waals surface area contributed by atoms with Crippen LogP contribution in [0.4, 0.5) is 5.69 Å². The molecule has 2 heterocycles. The Morgan fingerprint density at radius 2 is 1.50 bits per heavy atom. The van der Waals surface area contributed by atoms with Gasteiger partial charge in [-0.3, -0.25) is 9.98 Å². The van der Waals surface area contributed by atoms with E-state index < -0.39 is 0 Å². The molecule has 0 atom stereocenters. The maximum atomic E-state index is 4.77. The van der Waals surface area contributed by atoms with E-state index in [1.54, 1.807) is 6.20 Å². The molecule has 0 radical (unpaired) electrons. The van der Waals surface area contributed by atoms with Crippen LogP contribution in [0.1, 0.15) is 16.8 Å². The van der Waals surface area contributed by atoms with Gasteiger partial charge in [-0.25, -0.2) is 4.98 Å². The second kappa shape index (κ2) is 5.85.